The van der Waals surface area contributed by atoms with Crippen LogP contribution >= 0.6 is 0 Å². The minimum absolute atomic E-state index is 0.113. The highest BCUT2D eigenvalue weighted by atomic mass is 16.2. The van der Waals surface area contributed by atoms with Crippen molar-refractivity contribution in [1.82, 2.24) is 19.9 Å². The molecule has 0 spiro atoms. The van der Waals surface area contributed by atoms with Crippen LogP contribution in [0.5, 0.6) is 0 Å². The third-order valence-corrected chi connectivity index (χ3v) is 6.84. The van der Waals surface area contributed by atoms with Crippen LogP contribution in [-0.2, 0) is 24.2 Å². The van der Waals surface area contributed by atoms with Crippen molar-refractivity contribution in [3.05, 3.63) is 83.1 Å². The van der Waals surface area contributed by atoms with Crippen molar-refractivity contribution in [3.63, 3.8) is 0 Å². The van der Waals surface area contributed by atoms with E-state index in [-0.39, 0.29) is 11.9 Å². The van der Waals surface area contributed by atoms with Crippen molar-refractivity contribution < 1.29 is 4.79 Å². The van der Waals surface area contributed by atoms with E-state index in [9.17, 15) is 4.79 Å². The largest absolute Gasteiger partial charge is 0.293 e. The average Bonchev–Trinajstić information content (AvgIpc) is 2.86. The normalized spacial score (nSPS) is 18.9. The van der Waals surface area contributed by atoms with Crippen molar-refractivity contribution in [2.75, 3.05) is 18.0 Å². The number of hydrogen-bond donors (Lipinski definition) is 0. The number of piperidine rings is 1. The summed E-state index contributed by atoms with van der Waals surface area (Å²) in [5.74, 6) is 1.76. The first-order chi connectivity index (χ1) is 16.2. The van der Waals surface area contributed by atoms with Crippen LogP contribution in [0.1, 0.15) is 60.1 Å². The molecule has 3 aromatic rings. The first-order valence-corrected chi connectivity index (χ1v) is 12.0. The summed E-state index contributed by atoms with van der Waals surface area (Å²) in [4.78, 5) is 31.7. The third kappa shape index (κ3) is 4.81. The Bertz CT molecular complexity index is 1100. The van der Waals surface area contributed by atoms with Gasteiger partial charge in [0.05, 0.1) is 18.3 Å². The molecule has 2 aromatic heterocycles. The van der Waals surface area contributed by atoms with Gasteiger partial charge < -0.3 is 0 Å². The summed E-state index contributed by atoms with van der Waals surface area (Å²) in [5.41, 5.74) is 4.33. The van der Waals surface area contributed by atoms with E-state index in [0.717, 1.165) is 54.5 Å². The van der Waals surface area contributed by atoms with Gasteiger partial charge in [-0.25, -0.2) is 9.97 Å². The zero-order chi connectivity index (χ0) is 22.6. The summed E-state index contributed by atoms with van der Waals surface area (Å²) in [6, 6.07) is 16.7. The number of pyridine rings is 1. The van der Waals surface area contributed by atoms with Gasteiger partial charge in [-0.05, 0) is 56.8 Å². The third-order valence-electron chi connectivity index (χ3n) is 6.84. The molecule has 0 radical (unpaired) electrons. The number of carbonyl (C=O) groups excluding carboxylic acids is 1. The number of aromatic nitrogens is 3. The summed E-state index contributed by atoms with van der Waals surface area (Å²) in [7, 11) is 0. The van der Waals surface area contributed by atoms with Crippen LogP contribution < -0.4 is 4.90 Å². The molecule has 1 atom stereocenters. The van der Waals surface area contributed by atoms with Gasteiger partial charge in [0.1, 0.15) is 11.6 Å². The van der Waals surface area contributed by atoms with Crippen LogP contribution in [0.25, 0.3) is 0 Å². The number of nitrogens with zero attached hydrogens (tertiary/aromatic N) is 5. The number of likely N-dealkylation sites (tertiary alicyclic amines) is 1. The van der Waals surface area contributed by atoms with E-state index in [0.29, 0.717) is 19.4 Å². The number of fused-ring (bicyclic) bond motifs is 1. The second-order valence-corrected chi connectivity index (χ2v) is 9.05. The van der Waals surface area contributed by atoms with Crippen molar-refractivity contribution in [2.24, 2.45) is 0 Å². The molecular formula is C27H31N5O. The molecule has 1 amide bonds. The molecular weight excluding hydrogens is 410 g/mol. The van der Waals surface area contributed by atoms with Gasteiger partial charge in [-0.2, -0.15) is 0 Å². The Kier molecular flexibility index (Phi) is 6.44. The van der Waals surface area contributed by atoms with E-state index in [1.807, 2.05) is 23.1 Å². The Morgan fingerprint density at radius 3 is 2.67 bits per heavy atom. The molecule has 6 nitrogen and oxygen atoms in total. The Morgan fingerprint density at radius 1 is 1.00 bits per heavy atom. The summed E-state index contributed by atoms with van der Waals surface area (Å²) >= 11 is 0. The van der Waals surface area contributed by atoms with Crippen LogP contribution in [-0.4, -0.2) is 38.8 Å². The summed E-state index contributed by atoms with van der Waals surface area (Å²) in [6.45, 7) is 4.57. The zero-order valence-electron chi connectivity index (χ0n) is 19.3. The number of amides is 1. The fraction of sp³-hybridized carbons (Fsp3) is 0.407. The second kappa shape index (κ2) is 9.79. The first-order valence-electron chi connectivity index (χ1n) is 12.0. The van der Waals surface area contributed by atoms with E-state index in [4.69, 9.17) is 9.97 Å². The predicted octanol–water partition coefficient (Wildman–Crippen LogP) is 4.43. The molecule has 0 bridgehead atoms. The Labute approximate surface area is 195 Å². The highest BCUT2D eigenvalue weighted by Crippen LogP contribution is 2.34. The predicted molar refractivity (Wildman–Crippen MR) is 129 cm³/mol. The molecule has 2 aliphatic heterocycles. The average molecular weight is 442 g/mol. The van der Waals surface area contributed by atoms with E-state index in [1.54, 1.807) is 6.20 Å². The molecule has 33 heavy (non-hydrogen) atoms. The molecule has 0 aliphatic carbocycles. The van der Waals surface area contributed by atoms with Gasteiger partial charge >= 0.3 is 0 Å². The number of rotatable bonds is 6. The number of benzene rings is 1. The topological polar surface area (TPSA) is 62.2 Å². The molecule has 0 unspecified atom stereocenters. The second-order valence-electron chi connectivity index (χ2n) is 9.05. The van der Waals surface area contributed by atoms with Crippen molar-refractivity contribution >= 4 is 11.7 Å². The van der Waals surface area contributed by atoms with Gasteiger partial charge in [-0.15, -0.1) is 0 Å². The summed E-state index contributed by atoms with van der Waals surface area (Å²) < 4.78 is 0. The van der Waals surface area contributed by atoms with Crippen LogP contribution in [0.3, 0.4) is 0 Å². The smallest absolute Gasteiger partial charge is 0.228 e. The summed E-state index contributed by atoms with van der Waals surface area (Å²) in [6.07, 6.45) is 7.44. The van der Waals surface area contributed by atoms with Gasteiger partial charge in [0, 0.05) is 30.4 Å². The minimum atomic E-state index is 0.113. The van der Waals surface area contributed by atoms with E-state index in [2.05, 4.69) is 47.1 Å². The lowest BCUT2D eigenvalue weighted by molar-refractivity contribution is -0.119. The Hall–Kier alpha value is -3.12. The van der Waals surface area contributed by atoms with Crippen molar-refractivity contribution in [1.29, 1.82) is 0 Å². The lowest BCUT2D eigenvalue weighted by Gasteiger charge is -2.36. The van der Waals surface area contributed by atoms with Crippen LogP contribution in [0.15, 0.2) is 54.7 Å². The minimum Gasteiger partial charge on any atom is -0.293 e. The number of aryl methyl sites for hydroxylation is 1. The molecule has 170 valence electrons. The molecule has 2 aliphatic rings. The molecule has 5 rings (SSSR count). The summed E-state index contributed by atoms with van der Waals surface area (Å²) in [5, 5.41) is 0. The fourth-order valence-corrected chi connectivity index (χ4v) is 5.04. The molecule has 6 heteroatoms. The van der Waals surface area contributed by atoms with Crippen LogP contribution in [0, 0.1) is 6.92 Å². The maximum atomic E-state index is 12.9. The lowest BCUT2D eigenvalue weighted by Crippen LogP contribution is -2.39. The number of anilines is 1. The molecule has 0 N–H and O–H groups in total. The van der Waals surface area contributed by atoms with Crippen LogP contribution in [0.2, 0.25) is 0 Å². The quantitative estimate of drug-likeness (QED) is 0.566. The fourth-order valence-electron chi connectivity index (χ4n) is 5.04. The van der Waals surface area contributed by atoms with Crippen molar-refractivity contribution in [3.8, 4) is 0 Å². The Morgan fingerprint density at radius 2 is 1.85 bits per heavy atom. The first kappa shape index (κ1) is 21.7. The van der Waals surface area contributed by atoms with Gasteiger partial charge in [0.25, 0.3) is 0 Å². The Balaban J connectivity index is 1.43. The van der Waals surface area contributed by atoms with Gasteiger partial charge in [-0.1, -0.05) is 42.8 Å². The maximum absolute atomic E-state index is 12.9. The monoisotopic (exact) mass is 441 g/mol. The van der Waals surface area contributed by atoms with Gasteiger partial charge in [0.2, 0.25) is 5.91 Å². The van der Waals surface area contributed by atoms with E-state index in [1.165, 1.54) is 18.4 Å². The zero-order valence-corrected chi connectivity index (χ0v) is 19.3. The highest BCUT2D eigenvalue weighted by Gasteiger charge is 2.32. The highest BCUT2D eigenvalue weighted by molar-refractivity contribution is 5.95. The number of carbonyl (C=O) groups is 1. The SMILES string of the molecule is Cc1nc([C@@H]2CCCCN2CCc2ccccc2)nc2c1CCC(=O)N2Cc1ccccn1. The molecule has 1 aromatic carbocycles. The molecule has 0 saturated carbocycles. The number of hydrogen-bond acceptors (Lipinski definition) is 5. The van der Waals surface area contributed by atoms with Crippen LogP contribution in [0.4, 0.5) is 5.82 Å². The van der Waals surface area contributed by atoms with Gasteiger partial charge in [0.15, 0.2) is 0 Å². The van der Waals surface area contributed by atoms with E-state index < -0.39 is 0 Å². The molecule has 4 heterocycles. The van der Waals surface area contributed by atoms with E-state index >= 15 is 0 Å². The maximum Gasteiger partial charge on any atom is 0.228 e. The van der Waals surface area contributed by atoms with Gasteiger partial charge in [-0.3, -0.25) is 19.6 Å². The molecule has 1 saturated heterocycles. The molecule has 1 fully saturated rings. The standard InChI is InChI=1S/C27H31N5O/c1-20-23-13-14-25(33)32(19-22-11-5-7-16-28-22)27(23)30-26(29-20)24-12-6-8-17-31(24)18-15-21-9-3-2-4-10-21/h2-5,7,9-11,16,24H,6,8,12-15,17-19H2,1H3/t24-/m0/s1. The lowest BCUT2D eigenvalue weighted by atomic mass is 9.98. The van der Waals surface area contributed by atoms with Crippen molar-refractivity contribution in [2.45, 2.75) is 58.0 Å².